The van der Waals surface area contributed by atoms with E-state index >= 15 is 0 Å². The zero-order valence-electron chi connectivity index (χ0n) is 10.5. The Hall–Kier alpha value is 0.1000. The van der Waals surface area contributed by atoms with Gasteiger partial charge in [0.15, 0.2) is 0 Å². The molecule has 1 rings (SSSR count). The number of hydrogen-bond donors (Lipinski definition) is 1. The first-order chi connectivity index (χ1) is 7.87. The van der Waals surface area contributed by atoms with Crippen LogP contribution in [0, 0.1) is 11.8 Å². The smallest absolute Gasteiger partial charge is 0.314 e. The van der Waals surface area contributed by atoms with E-state index < -0.39 is 5.51 Å². The van der Waals surface area contributed by atoms with Gasteiger partial charge < -0.3 is 5.32 Å². The SMILES string of the molecule is CC(C)CC(CCSC(F)(F)F)CNC1CC1. The molecule has 0 aliphatic heterocycles. The summed E-state index contributed by atoms with van der Waals surface area (Å²) in [6.45, 7) is 5.13. The average molecular weight is 269 g/mol. The highest BCUT2D eigenvalue weighted by Crippen LogP contribution is 2.32. The molecule has 1 unspecified atom stereocenters. The van der Waals surface area contributed by atoms with Gasteiger partial charge in [-0.05, 0) is 44.1 Å². The molecule has 1 atom stereocenters. The van der Waals surface area contributed by atoms with Gasteiger partial charge in [0.25, 0.3) is 0 Å². The van der Waals surface area contributed by atoms with Crippen molar-refractivity contribution >= 4 is 11.8 Å². The molecule has 0 aromatic heterocycles. The summed E-state index contributed by atoms with van der Waals surface area (Å²) in [5.41, 5.74) is -4.08. The van der Waals surface area contributed by atoms with Gasteiger partial charge in [0.2, 0.25) is 0 Å². The summed E-state index contributed by atoms with van der Waals surface area (Å²) in [5.74, 6) is 1.12. The lowest BCUT2D eigenvalue weighted by atomic mass is 9.95. The van der Waals surface area contributed by atoms with E-state index in [9.17, 15) is 13.2 Å². The van der Waals surface area contributed by atoms with E-state index in [1.807, 2.05) is 0 Å². The van der Waals surface area contributed by atoms with Crippen LogP contribution in [0.4, 0.5) is 13.2 Å². The maximum absolute atomic E-state index is 12.0. The Morgan fingerprint density at radius 1 is 1.29 bits per heavy atom. The van der Waals surface area contributed by atoms with Crippen molar-refractivity contribution in [3.63, 3.8) is 0 Å². The molecule has 0 spiro atoms. The molecule has 0 amide bonds. The first kappa shape index (κ1) is 15.2. The van der Waals surface area contributed by atoms with Crippen molar-refractivity contribution < 1.29 is 13.2 Å². The van der Waals surface area contributed by atoms with Crippen molar-refractivity contribution in [3.05, 3.63) is 0 Å². The zero-order valence-corrected chi connectivity index (χ0v) is 11.3. The van der Waals surface area contributed by atoms with Crippen LogP contribution < -0.4 is 5.32 Å². The lowest BCUT2D eigenvalue weighted by Gasteiger charge is -2.19. The van der Waals surface area contributed by atoms with Crippen LogP contribution in [0.1, 0.15) is 39.5 Å². The highest BCUT2D eigenvalue weighted by atomic mass is 32.2. The molecule has 0 aromatic carbocycles. The van der Waals surface area contributed by atoms with Gasteiger partial charge in [0.05, 0.1) is 0 Å². The molecule has 1 saturated carbocycles. The molecule has 0 heterocycles. The number of thioether (sulfide) groups is 1. The monoisotopic (exact) mass is 269 g/mol. The van der Waals surface area contributed by atoms with Crippen molar-refractivity contribution in [1.82, 2.24) is 5.32 Å². The maximum Gasteiger partial charge on any atom is 0.441 e. The molecule has 1 aliphatic rings. The zero-order chi connectivity index (χ0) is 12.9. The molecule has 0 aromatic rings. The minimum Gasteiger partial charge on any atom is -0.314 e. The molecule has 5 heteroatoms. The van der Waals surface area contributed by atoms with E-state index in [1.165, 1.54) is 12.8 Å². The van der Waals surface area contributed by atoms with E-state index in [0.29, 0.717) is 24.3 Å². The molecular weight excluding hydrogens is 247 g/mol. The molecule has 1 aliphatic carbocycles. The van der Waals surface area contributed by atoms with Crippen molar-refractivity contribution in [2.24, 2.45) is 11.8 Å². The highest BCUT2D eigenvalue weighted by molar-refractivity contribution is 8.00. The second-order valence-corrected chi connectivity index (χ2v) is 6.42. The molecule has 17 heavy (non-hydrogen) atoms. The van der Waals surface area contributed by atoms with Gasteiger partial charge in [-0.25, -0.2) is 0 Å². The van der Waals surface area contributed by atoms with Crippen LogP contribution in [0.15, 0.2) is 0 Å². The van der Waals surface area contributed by atoms with Crippen LogP contribution in [0.5, 0.6) is 0 Å². The minimum absolute atomic E-state index is 0.111. The van der Waals surface area contributed by atoms with E-state index in [-0.39, 0.29) is 17.5 Å². The second-order valence-electron chi connectivity index (χ2n) is 5.26. The normalized spacial score (nSPS) is 18.7. The Labute approximate surface area is 106 Å². The van der Waals surface area contributed by atoms with Crippen LogP contribution in [0.2, 0.25) is 0 Å². The number of halogens is 3. The third kappa shape index (κ3) is 8.77. The Bertz CT molecular complexity index is 214. The topological polar surface area (TPSA) is 12.0 Å². The van der Waals surface area contributed by atoms with Gasteiger partial charge >= 0.3 is 5.51 Å². The molecule has 0 bridgehead atoms. The van der Waals surface area contributed by atoms with Gasteiger partial charge in [-0.3, -0.25) is 0 Å². The van der Waals surface area contributed by atoms with Crippen molar-refractivity contribution in [2.75, 3.05) is 12.3 Å². The summed E-state index contributed by atoms with van der Waals surface area (Å²) in [6, 6.07) is 0.639. The molecule has 0 saturated heterocycles. The largest absolute Gasteiger partial charge is 0.441 e. The van der Waals surface area contributed by atoms with Gasteiger partial charge in [-0.2, -0.15) is 13.2 Å². The number of alkyl halides is 3. The second kappa shape index (κ2) is 6.88. The molecule has 1 fully saturated rings. The highest BCUT2D eigenvalue weighted by Gasteiger charge is 2.28. The van der Waals surface area contributed by atoms with Gasteiger partial charge in [-0.1, -0.05) is 25.6 Å². The first-order valence-corrected chi connectivity index (χ1v) is 7.29. The first-order valence-electron chi connectivity index (χ1n) is 6.31. The Morgan fingerprint density at radius 2 is 1.94 bits per heavy atom. The van der Waals surface area contributed by atoms with E-state index in [4.69, 9.17) is 0 Å². The van der Waals surface area contributed by atoms with Crippen LogP contribution >= 0.6 is 11.8 Å². The summed E-state index contributed by atoms with van der Waals surface area (Å²) in [5, 5.41) is 3.42. The summed E-state index contributed by atoms with van der Waals surface area (Å²) in [7, 11) is 0. The summed E-state index contributed by atoms with van der Waals surface area (Å²) in [6.07, 6.45) is 4.12. The number of rotatable bonds is 8. The van der Waals surface area contributed by atoms with Crippen LogP contribution in [0.25, 0.3) is 0 Å². The number of hydrogen-bond acceptors (Lipinski definition) is 2. The van der Waals surface area contributed by atoms with E-state index in [1.54, 1.807) is 0 Å². The molecule has 1 nitrogen and oxygen atoms in total. The van der Waals surface area contributed by atoms with Gasteiger partial charge in [0.1, 0.15) is 0 Å². The maximum atomic E-state index is 12.0. The van der Waals surface area contributed by atoms with Crippen molar-refractivity contribution in [2.45, 2.75) is 51.1 Å². The van der Waals surface area contributed by atoms with Crippen LogP contribution in [0.3, 0.4) is 0 Å². The fourth-order valence-electron chi connectivity index (χ4n) is 1.93. The Balaban J connectivity index is 2.18. The fraction of sp³-hybridized carbons (Fsp3) is 1.00. The minimum atomic E-state index is -4.08. The van der Waals surface area contributed by atoms with E-state index in [2.05, 4.69) is 19.2 Å². The van der Waals surface area contributed by atoms with E-state index in [0.717, 1.165) is 13.0 Å². The summed E-state index contributed by atoms with van der Waals surface area (Å²) >= 11 is 0.111. The van der Waals surface area contributed by atoms with Gasteiger partial charge in [0, 0.05) is 11.8 Å². The lowest BCUT2D eigenvalue weighted by molar-refractivity contribution is -0.0328. The molecular formula is C12H22F3NS. The molecule has 1 N–H and O–H groups in total. The average Bonchev–Trinajstić information content (AvgIpc) is 2.94. The third-order valence-electron chi connectivity index (χ3n) is 2.87. The fourth-order valence-corrected chi connectivity index (χ4v) is 2.61. The molecule has 102 valence electrons. The predicted octanol–water partition coefficient (Wildman–Crippen LogP) is 4.04. The summed E-state index contributed by atoms with van der Waals surface area (Å²) in [4.78, 5) is 0. The van der Waals surface area contributed by atoms with Crippen LogP contribution in [-0.4, -0.2) is 23.8 Å². The Kier molecular flexibility index (Phi) is 6.13. The predicted molar refractivity (Wildman–Crippen MR) is 67.1 cm³/mol. The molecule has 0 radical (unpaired) electrons. The van der Waals surface area contributed by atoms with Crippen molar-refractivity contribution in [1.29, 1.82) is 0 Å². The number of nitrogens with one attached hydrogen (secondary N) is 1. The third-order valence-corrected chi connectivity index (χ3v) is 3.64. The van der Waals surface area contributed by atoms with Crippen LogP contribution in [-0.2, 0) is 0 Å². The lowest BCUT2D eigenvalue weighted by Crippen LogP contribution is -2.26. The Morgan fingerprint density at radius 3 is 2.41 bits per heavy atom. The quantitative estimate of drug-likeness (QED) is 0.713. The standard InChI is InChI=1S/C12H22F3NS/c1-9(2)7-10(8-16-11-3-4-11)5-6-17-12(13,14)15/h9-11,16H,3-8H2,1-2H3. The van der Waals surface area contributed by atoms with Crippen molar-refractivity contribution in [3.8, 4) is 0 Å². The summed E-state index contributed by atoms with van der Waals surface area (Å²) < 4.78 is 36.1. The van der Waals surface area contributed by atoms with Gasteiger partial charge in [-0.15, -0.1) is 0 Å².